The number of hydrogen-bond donors (Lipinski definition) is 2. The smallest absolute Gasteiger partial charge is 0.225 e. The first-order valence-electron chi connectivity index (χ1n) is 4.19. The second-order valence-electron chi connectivity index (χ2n) is 2.81. The van der Waals surface area contributed by atoms with Crippen molar-refractivity contribution >= 4 is 11.6 Å². The number of rotatable bonds is 3. The summed E-state index contributed by atoms with van der Waals surface area (Å²) in [4.78, 5) is 11.0. The summed E-state index contributed by atoms with van der Waals surface area (Å²) in [7, 11) is 0. The zero-order valence-corrected chi connectivity index (χ0v) is 7.69. The molecule has 1 rings (SSSR count). The third-order valence-electron chi connectivity index (χ3n) is 1.68. The van der Waals surface area contributed by atoms with Crippen LogP contribution in [0.15, 0.2) is 12.1 Å². The summed E-state index contributed by atoms with van der Waals surface area (Å²) >= 11 is 0. The topological polar surface area (TPSA) is 55.1 Å². The van der Waals surface area contributed by atoms with E-state index in [1.54, 1.807) is 0 Å². The first-order chi connectivity index (χ1) is 7.06. The lowest BCUT2D eigenvalue weighted by molar-refractivity contribution is -0.116. The molecule has 0 aliphatic carbocycles. The second kappa shape index (κ2) is 4.79. The number of nitrogens with one attached hydrogen (secondary N) is 1. The number of hydrogen-bond acceptors (Lipinski definition) is 2. The summed E-state index contributed by atoms with van der Waals surface area (Å²) in [5.74, 6) is -4.88. The Kier molecular flexibility index (Phi) is 3.68. The molecule has 0 aliphatic rings. The molecule has 6 heteroatoms. The first-order valence-corrected chi connectivity index (χ1v) is 4.19. The molecule has 1 aromatic rings. The fraction of sp³-hybridized carbons (Fsp3) is 0.222. The van der Waals surface area contributed by atoms with E-state index in [0.29, 0.717) is 0 Å². The number of benzene rings is 1. The second-order valence-corrected chi connectivity index (χ2v) is 2.81. The fourth-order valence-electron chi connectivity index (χ4n) is 0.966. The molecule has 0 aromatic heterocycles. The van der Waals surface area contributed by atoms with Crippen molar-refractivity contribution in [2.75, 3.05) is 11.9 Å². The molecule has 0 saturated heterocycles. The monoisotopic (exact) mass is 218 g/mol. The van der Waals surface area contributed by atoms with Gasteiger partial charge in [-0.25, -0.2) is 13.2 Å². The quantitative estimate of drug-likeness (QED) is 0.753. The molecule has 0 atom stereocenters. The van der Waals surface area contributed by atoms with Gasteiger partial charge in [-0.15, -0.1) is 0 Å². The lowest BCUT2D eigenvalue weighted by Gasteiger charge is -2.06. The molecule has 0 heterocycles. The Morgan fingerprint density at radius 3 is 2.53 bits per heavy atom. The highest BCUT2D eigenvalue weighted by Crippen LogP contribution is 2.19. The van der Waals surface area contributed by atoms with Crippen LogP contribution in [0.4, 0.5) is 18.9 Å². The van der Waals surface area contributed by atoms with Gasteiger partial charge in [0.05, 0.1) is 5.69 Å². The molecule has 0 unspecified atom stereocenters. The molecule has 0 bridgehead atoms. The molecule has 0 saturated carbocycles. The number of anilines is 1. The number of halogens is 3. The van der Waals surface area contributed by atoms with Gasteiger partial charge in [0.1, 0.15) is 0 Å². The molecule has 0 fully saturated rings. The van der Waals surface area contributed by atoms with Crippen LogP contribution in [0.5, 0.6) is 0 Å². The molecule has 82 valence electrons. The number of amides is 1. The predicted octanol–water partition coefficient (Wildman–Crippen LogP) is 1.39. The molecular weight excluding hydrogens is 209 g/mol. The largest absolute Gasteiger partial charge is 0.330 e. The van der Waals surface area contributed by atoms with Crippen molar-refractivity contribution in [1.29, 1.82) is 0 Å². The molecular formula is C9H9F3N2O. The zero-order chi connectivity index (χ0) is 11.4. The minimum Gasteiger partial charge on any atom is -0.330 e. The summed E-state index contributed by atoms with van der Waals surface area (Å²) in [5, 5.41) is 2.08. The van der Waals surface area contributed by atoms with E-state index in [4.69, 9.17) is 5.73 Å². The summed E-state index contributed by atoms with van der Waals surface area (Å²) in [6, 6.07) is 1.68. The Balaban J connectivity index is 2.87. The summed E-state index contributed by atoms with van der Waals surface area (Å²) in [6.45, 7) is 0.0944. The van der Waals surface area contributed by atoms with E-state index in [-0.39, 0.29) is 13.0 Å². The third-order valence-corrected chi connectivity index (χ3v) is 1.68. The lowest BCUT2D eigenvalue weighted by Crippen LogP contribution is -2.17. The van der Waals surface area contributed by atoms with Crippen molar-refractivity contribution in [2.45, 2.75) is 6.42 Å². The molecule has 3 nitrogen and oxygen atoms in total. The summed E-state index contributed by atoms with van der Waals surface area (Å²) in [5.41, 5.74) is 4.69. The number of carbonyl (C=O) groups excluding carboxylic acids is 1. The van der Waals surface area contributed by atoms with Crippen LogP contribution in [0.1, 0.15) is 6.42 Å². The van der Waals surface area contributed by atoms with Crippen LogP contribution >= 0.6 is 0 Å². The maximum Gasteiger partial charge on any atom is 0.225 e. The van der Waals surface area contributed by atoms with Crippen LogP contribution in [0, 0.1) is 17.5 Å². The van der Waals surface area contributed by atoms with Crippen molar-refractivity contribution < 1.29 is 18.0 Å². The van der Waals surface area contributed by atoms with E-state index in [2.05, 4.69) is 5.32 Å². The average molecular weight is 218 g/mol. The zero-order valence-electron chi connectivity index (χ0n) is 7.69. The molecule has 1 amide bonds. The van der Waals surface area contributed by atoms with Crippen LogP contribution in [0.25, 0.3) is 0 Å². The van der Waals surface area contributed by atoms with Crippen molar-refractivity contribution in [1.82, 2.24) is 0 Å². The van der Waals surface area contributed by atoms with Gasteiger partial charge >= 0.3 is 0 Å². The Morgan fingerprint density at radius 2 is 1.93 bits per heavy atom. The van der Waals surface area contributed by atoms with E-state index >= 15 is 0 Å². The van der Waals surface area contributed by atoms with E-state index in [1.165, 1.54) is 0 Å². The minimum absolute atomic E-state index is 0.0154. The van der Waals surface area contributed by atoms with Gasteiger partial charge < -0.3 is 11.1 Å². The lowest BCUT2D eigenvalue weighted by atomic mass is 10.2. The standard InChI is InChI=1S/C9H9F3N2O/c10-5-1-2-6(9(12)8(5)11)14-7(15)3-4-13/h1-2H,3-4,13H2,(H,14,15). The molecule has 1 aromatic carbocycles. The molecule has 3 N–H and O–H groups in total. The molecule has 0 radical (unpaired) electrons. The SMILES string of the molecule is NCCC(=O)Nc1ccc(F)c(F)c1F. The van der Waals surface area contributed by atoms with Crippen LogP contribution in [0.3, 0.4) is 0 Å². The van der Waals surface area contributed by atoms with E-state index in [1.807, 2.05) is 0 Å². The highest BCUT2D eigenvalue weighted by molar-refractivity contribution is 5.90. The van der Waals surface area contributed by atoms with Gasteiger partial charge in [0.25, 0.3) is 0 Å². The van der Waals surface area contributed by atoms with Crippen LogP contribution in [-0.2, 0) is 4.79 Å². The van der Waals surface area contributed by atoms with Gasteiger partial charge in [-0.3, -0.25) is 4.79 Å². The summed E-state index contributed by atoms with van der Waals surface area (Å²) < 4.78 is 38.2. The van der Waals surface area contributed by atoms with Gasteiger partial charge in [-0.1, -0.05) is 0 Å². The number of carbonyl (C=O) groups is 1. The Bertz CT molecular complexity index is 382. The normalized spacial score (nSPS) is 10.1. The minimum atomic E-state index is -1.61. The van der Waals surface area contributed by atoms with Gasteiger partial charge in [-0.2, -0.15) is 0 Å². The maximum atomic E-state index is 13.0. The van der Waals surface area contributed by atoms with Gasteiger partial charge in [0.2, 0.25) is 5.91 Å². The predicted molar refractivity (Wildman–Crippen MR) is 48.6 cm³/mol. The van der Waals surface area contributed by atoms with Crippen molar-refractivity contribution in [3.05, 3.63) is 29.6 Å². The fourth-order valence-corrected chi connectivity index (χ4v) is 0.966. The van der Waals surface area contributed by atoms with Gasteiger partial charge in [0.15, 0.2) is 17.5 Å². The highest BCUT2D eigenvalue weighted by Gasteiger charge is 2.14. The molecule has 0 spiro atoms. The average Bonchev–Trinajstić information content (AvgIpc) is 2.20. The van der Waals surface area contributed by atoms with E-state index in [0.717, 1.165) is 12.1 Å². The Morgan fingerprint density at radius 1 is 1.27 bits per heavy atom. The van der Waals surface area contributed by atoms with E-state index in [9.17, 15) is 18.0 Å². The van der Waals surface area contributed by atoms with Crippen LogP contribution < -0.4 is 11.1 Å². The number of nitrogens with two attached hydrogens (primary N) is 1. The van der Waals surface area contributed by atoms with Crippen molar-refractivity contribution in [3.63, 3.8) is 0 Å². The Labute approximate surface area is 84.1 Å². The Hall–Kier alpha value is -1.56. The van der Waals surface area contributed by atoms with Crippen molar-refractivity contribution in [2.24, 2.45) is 5.73 Å². The first kappa shape index (κ1) is 11.5. The molecule has 15 heavy (non-hydrogen) atoms. The maximum absolute atomic E-state index is 13.0. The van der Waals surface area contributed by atoms with E-state index < -0.39 is 29.0 Å². The van der Waals surface area contributed by atoms with Gasteiger partial charge in [0, 0.05) is 13.0 Å². The van der Waals surface area contributed by atoms with Crippen LogP contribution in [-0.4, -0.2) is 12.5 Å². The summed E-state index contributed by atoms with van der Waals surface area (Å²) in [6.07, 6.45) is -0.0154. The van der Waals surface area contributed by atoms with Gasteiger partial charge in [-0.05, 0) is 12.1 Å². The molecule has 0 aliphatic heterocycles. The van der Waals surface area contributed by atoms with Crippen molar-refractivity contribution in [3.8, 4) is 0 Å². The van der Waals surface area contributed by atoms with Crippen LogP contribution in [0.2, 0.25) is 0 Å². The highest BCUT2D eigenvalue weighted by atomic mass is 19.2. The third kappa shape index (κ3) is 2.69.